The Morgan fingerprint density at radius 1 is 1.55 bits per heavy atom. The van der Waals surface area contributed by atoms with Crippen LogP contribution < -0.4 is 5.73 Å². The molecule has 2 heterocycles. The number of carboxylic acids is 1. The van der Waals surface area contributed by atoms with Gasteiger partial charge in [-0.05, 0) is 25.8 Å². The number of carbonyl (C=O) groups is 2. The number of nitrogens with two attached hydrogens (primary N) is 1. The Morgan fingerprint density at radius 2 is 2.35 bits per heavy atom. The summed E-state index contributed by atoms with van der Waals surface area (Å²) in [5.41, 5.74) is 6.18. The van der Waals surface area contributed by atoms with E-state index in [-0.39, 0.29) is 12.3 Å². The zero-order valence-electron chi connectivity index (χ0n) is 11.2. The van der Waals surface area contributed by atoms with Crippen LogP contribution in [0.15, 0.2) is 5.38 Å². The molecule has 1 aromatic heterocycles. The molecule has 1 aromatic rings. The molecule has 1 unspecified atom stereocenters. The van der Waals surface area contributed by atoms with Gasteiger partial charge in [-0.2, -0.15) is 0 Å². The van der Waals surface area contributed by atoms with Crippen LogP contribution in [-0.2, 0) is 22.4 Å². The van der Waals surface area contributed by atoms with Gasteiger partial charge in [0.15, 0.2) is 0 Å². The second kappa shape index (κ2) is 6.81. The smallest absolute Gasteiger partial charge is 0.326 e. The van der Waals surface area contributed by atoms with E-state index in [2.05, 4.69) is 4.98 Å². The van der Waals surface area contributed by atoms with Crippen molar-refractivity contribution < 1.29 is 14.7 Å². The monoisotopic (exact) mass is 297 g/mol. The number of rotatable bonds is 6. The van der Waals surface area contributed by atoms with Crippen molar-refractivity contribution in [1.82, 2.24) is 9.88 Å². The van der Waals surface area contributed by atoms with Crippen molar-refractivity contribution in [2.45, 2.75) is 38.1 Å². The first-order chi connectivity index (χ1) is 9.61. The van der Waals surface area contributed by atoms with E-state index in [4.69, 9.17) is 10.8 Å². The minimum atomic E-state index is -0.919. The highest BCUT2D eigenvalue weighted by molar-refractivity contribution is 7.09. The van der Waals surface area contributed by atoms with Gasteiger partial charge in [0, 0.05) is 18.3 Å². The summed E-state index contributed by atoms with van der Waals surface area (Å²) in [4.78, 5) is 29.1. The summed E-state index contributed by atoms with van der Waals surface area (Å²) in [5, 5.41) is 11.9. The van der Waals surface area contributed by atoms with Crippen molar-refractivity contribution in [3.63, 3.8) is 0 Å². The maximum absolute atomic E-state index is 12.2. The van der Waals surface area contributed by atoms with Gasteiger partial charge in [0.05, 0.1) is 17.1 Å². The first-order valence-electron chi connectivity index (χ1n) is 6.77. The van der Waals surface area contributed by atoms with Gasteiger partial charge in [-0.1, -0.05) is 0 Å². The number of aryl methyl sites for hydroxylation is 1. The molecule has 0 bridgehead atoms. The molecule has 0 radical (unpaired) electrons. The minimum absolute atomic E-state index is 0.148. The molecule has 0 aromatic carbocycles. The predicted octanol–water partition coefficient (Wildman–Crippen LogP) is 0.652. The van der Waals surface area contributed by atoms with Crippen LogP contribution in [0.4, 0.5) is 0 Å². The molecule has 1 saturated heterocycles. The molecule has 1 aliphatic rings. The molecule has 0 saturated carbocycles. The number of hydrogen-bond donors (Lipinski definition) is 2. The van der Waals surface area contributed by atoms with Gasteiger partial charge < -0.3 is 15.7 Å². The van der Waals surface area contributed by atoms with E-state index in [9.17, 15) is 9.59 Å². The lowest BCUT2D eigenvalue weighted by Gasteiger charge is -2.20. The molecule has 1 atom stereocenters. The fraction of sp³-hybridized carbons (Fsp3) is 0.615. The number of nitrogens with zero attached hydrogens (tertiary/aromatic N) is 2. The number of likely N-dealkylation sites (tertiary alicyclic amines) is 1. The third-order valence-corrected chi connectivity index (χ3v) is 4.34. The largest absolute Gasteiger partial charge is 0.480 e. The quantitative estimate of drug-likeness (QED) is 0.803. The summed E-state index contributed by atoms with van der Waals surface area (Å²) in [6.07, 6.45) is 3.19. The zero-order valence-corrected chi connectivity index (χ0v) is 12.1. The molecule has 7 heteroatoms. The standard InChI is InChI=1S/C13H19N3O3S/c14-5-1-4-11-15-9(8-20-11)7-12(17)16-6-2-3-10(16)13(18)19/h8,10H,1-7,14H2,(H,18,19). The van der Waals surface area contributed by atoms with Crippen LogP contribution in [-0.4, -0.2) is 46.0 Å². The Kier molecular flexibility index (Phi) is 5.08. The van der Waals surface area contributed by atoms with E-state index in [1.807, 2.05) is 5.38 Å². The molecule has 110 valence electrons. The molecule has 1 fully saturated rings. The number of aliphatic carboxylic acids is 1. The summed E-state index contributed by atoms with van der Waals surface area (Å²) >= 11 is 1.53. The highest BCUT2D eigenvalue weighted by atomic mass is 32.1. The van der Waals surface area contributed by atoms with E-state index < -0.39 is 12.0 Å². The third-order valence-electron chi connectivity index (χ3n) is 3.38. The van der Waals surface area contributed by atoms with Gasteiger partial charge in [-0.25, -0.2) is 9.78 Å². The van der Waals surface area contributed by atoms with Crippen molar-refractivity contribution in [2.75, 3.05) is 13.1 Å². The number of amides is 1. The first kappa shape index (κ1) is 14.9. The number of aromatic nitrogens is 1. The molecule has 6 nitrogen and oxygen atoms in total. The van der Waals surface area contributed by atoms with Crippen molar-refractivity contribution in [1.29, 1.82) is 0 Å². The van der Waals surface area contributed by atoms with Gasteiger partial charge in [-0.3, -0.25) is 4.79 Å². The molecule has 0 spiro atoms. The van der Waals surface area contributed by atoms with E-state index in [0.29, 0.717) is 19.5 Å². The molecule has 1 amide bonds. The second-order valence-electron chi connectivity index (χ2n) is 4.88. The number of thiazole rings is 1. The van der Waals surface area contributed by atoms with Gasteiger partial charge in [0.25, 0.3) is 0 Å². The highest BCUT2D eigenvalue weighted by Gasteiger charge is 2.33. The minimum Gasteiger partial charge on any atom is -0.480 e. The summed E-state index contributed by atoms with van der Waals surface area (Å²) < 4.78 is 0. The van der Waals surface area contributed by atoms with Crippen molar-refractivity contribution in [3.8, 4) is 0 Å². The Morgan fingerprint density at radius 3 is 3.05 bits per heavy atom. The van der Waals surface area contributed by atoms with Gasteiger partial charge in [0.1, 0.15) is 6.04 Å². The third kappa shape index (κ3) is 3.55. The Bertz CT molecular complexity index is 489. The Balaban J connectivity index is 1.93. The molecule has 3 N–H and O–H groups in total. The molecule has 0 aliphatic carbocycles. The van der Waals surface area contributed by atoms with Crippen LogP contribution in [0.3, 0.4) is 0 Å². The zero-order chi connectivity index (χ0) is 14.5. The fourth-order valence-electron chi connectivity index (χ4n) is 2.38. The summed E-state index contributed by atoms with van der Waals surface area (Å²) in [5.74, 6) is -1.07. The number of carbonyl (C=O) groups excluding carboxylic acids is 1. The Labute approximate surface area is 121 Å². The van der Waals surface area contributed by atoms with Gasteiger partial charge in [-0.15, -0.1) is 11.3 Å². The van der Waals surface area contributed by atoms with E-state index in [1.165, 1.54) is 16.2 Å². The molecular weight excluding hydrogens is 278 g/mol. The fourth-order valence-corrected chi connectivity index (χ4v) is 3.22. The van der Waals surface area contributed by atoms with E-state index >= 15 is 0 Å². The van der Waals surface area contributed by atoms with Crippen molar-refractivity contribution >= 4 is 23.2 Å². The average Bonchev–Trinajstić information content (AvgIpc) is 3.04. The molecule has 20 heavy (non-hydrogen) atoms. The van der Waals surface area contributed by atoms with E-state index in [1.54, 1.807) is 0 Å². The normalized spacial score (nSPS) is 18.4. The predicted molar refractivity (Wildman–Crippen MR) is 75.6 cm³/mol. The molecular formula is C13H19N3O3S. The van der Waals surface area contributed by atoms with Crippen LogP contribution in [0.25, 0.3) is 0 Å². The number of hydrogen-bond acceptors (Lipinski definition) is 5. The lowest BCUT2D eigenvalue weighted by molar-refractivity contribution is -0.148. The van der Waals surface area contributed by atoms with E-state index in [0.717, 1.165) is 30.0 Å². The first-order valence-corrected chi connectivity index (χ1v) is 7.65. The lowest BCUT2D eigenvalue weighted by Crippen LogP contribution is -2.41. The summed E-state index contributed by atoms with van der Waals surface area (Å²) in [6, 6.07) is -0.669. The molecule has 1 aliphatic heterocycles. The molecule has 2 rings (SSSR count). The maximum Gasteiger partial charge on any atom is 0.326 e. The summed E-state index contributed by atoms with van der Waals surface area (Å²) in [7, 11) is 0. The van der Waals surface area contributed by atoms with Gasteiger partial charge in [0.2, 0.25) is 5.91 Å². The average molecular weight is 297 g/mol. The van der Waals surface area contributed by atoms with Crippen molar-refractivity contribution in [3.05, 3.63) is 16.1 Å². The highest BCUT2D eigenvalue weighted by Crippen LogP contribution is 2.19. The topological polar surface area (TPSA) is 96.5 Å². The van der Waals surface area contributed by atoms with Crippen LogP contribution in [0.5, 0.6) is 0 Å². The van der Waals surface area contributed by atoms with Crippen LogP contribution in [0, 0.1) is 0 Å². The van der Waals surface area contributed by atoms with Gasteiger partial charge >= 0.3 is 5.97 Å². The van der Waals surface area contributed by atoms with Crippen LogP contribution in [0.2, 0.25) is 0 Å². The lowest BCUT2D eigenvalue weighted by atomic mass is 10.2. The maximum atomic E-state index is 12.2. The van der Waals surface area contributed by atoms with Crippen LogP contribution in [0.1, 0.15) is 30.0 Å². The summed E-state index contributed by atoms with van der Waals surface area (Å²) in [6.45, 7) is 1.15. The van der Waals surface area contributed by atoms with Crippen LogP contribution >= 0.6 is 11.3 Å². The SMILES string of the molecule is NCCCc1nc(CC(=O)N2CCCC2C(=O)O)cs1. The second-order valence-corrected chi connectivity index (χ2v) is 5.83. The van der Waals surface area contributed by atoms with Crippen molar-refractivity contribution in [2.24, 2.45) is 5.73 Å². The number of carboxylic acid groups (broad SMARTS) is 1. The Hall–Kier alpha value is -1.47.